The molecule has 0 aliphatic carbocycles. The van der Waals surface area contributed by atoms with Gasteiger partial charge in [0.1, 0.15) is 18.1 Å². The van der Waals surface area contributed by atoms with Gasteiger partial charge in [-0.05, 0) is 54.2 Å². The predicted molar refractivity (Wildman–Crippen MR) is 115 cm³/mol. The molecule has 2 heterocycles. The summed E-state index contributed by atoms with van der Waals surface area (Å²) in [6.45, 7) is 4.21. The van der Waals surface area contributed by atoms with E-state index in [4.69, 9.17) is 4.74 Å². The van der Waals surface area contributed by atoms with E-state index in [0.29, 0.717) is 18.2 Å². The molecule has 0 bridgehead atoms. The lowest BCUT2D eigenvalue weighted by Crippen LogP contribution is -2.38. The van der Waals surface area contributed by atoms with Crippen LogP contribution < -0.4 is 4.74 Å². The van der Waals surface area contributed by atoms with Crippen molar-refractivity contribution in [3.63, 3.8) is 0 Å². The molecule has 4 rings (SSSR count). The second-order valence-electron chi connectivity index (χ2n) is 7.67. The van der Waals surface area contributed by atoms with Crippen molar-refractivity contribution in [1.82, 2.24) is 9.88 Å². The Labute approximate surface area is 172 Å². The zero-order valence-electron chi connectivity index (χ0n) is 16.8. The number of hydrogen-bond acceptors (Lipinski definition) is 3. The molecule has 29 heavy (non-hydrogen) atoms. The fourth-order valence-corrected chi connectivity index (χ4v) is 3.58. The number of hydrogen-bond donors (Lipinski definition) is 0. The zero-order chi connectivity index (χ0) is 20.1. The van der Waals surface area contributed by atoms with Crippen LogP contribution in [-0.2, 0) is 6.61 Å². The Kier molecular flexibility index (Phi) is 5.89. The molecule has 0 radical (unpaired) electrons. The van der Waals surface area contributed by atoms with Crippen molar-refractivity contribution in [2.24, 2.45) is 5.92 Å². The predicted octanol–water partition coefficient (Wildman–Crippen LogP) is 5.20. The Bertz CT molecular complexity index is 946. The maximum absolute atomic E-state index is 12.7. The van der Waals surface area contributed by atoms with E-state index in [1.807, 2.05) is 47.4 Å². The Morgan fingerprint density at radius 1 is 0.931 bits per heavy atom. The fraction of sp³-hybridized carbons (Fsp3) is 0.280. The van der Waals surface area contributed by atoms with Crippen LogP contribution in [0.1, 0.15) is 35.9 Å². The smallest absolute Gasteiger partial charge is 0.272 e. The van der Waals surface area contributed by atoms with Gasteiger partial charge in [0.15, 0.2) is 0 Å². The van der Waals surface area contributed by atoms with E-state index in [9.17, 15) is 4.79 Å². The van der Waals surface area contributed by atoms with E-state index < -0.39 is 0 Å². The van der Waals surface area contributed by atoms with Gasteiger partial charge in [0, 0.05) is 13.1 Å². The van der Waals surface area contributed by atoms with E-state index in [-0.39, 0.29) is 5.91 Å². The molecule has 1 aromatic heterocycles. The third-order valence-corrected chi connectivity index (χ3v) is 5.44. The molecule has 148 valence electrons. The SMILES string of the molecule is CC1CCN(C(=O)c2cccc(COc3ccc(-c4ccccc4)cc3)n2)CC1. The molecule has 1 aliphatic rings. The fourth-order valence-electron chi connectivity index (χ4n) is 3.58. The number of piperidine rings is 1. The number of aromatic nitrogens is 1. The average Bonchev–Trinajstić information content (AvgIpc) is 2.79. The molecule has 1 saturated heterocycles. The minimum Gasteiger partial charge on any atom is -0.487 e. The molecular formula is C25H26N2O2. The van der Waals surface area contributed by atoms with E-state index in [0.717, 1.165) is 42.9 Å². The molecule has 3 aromatic rings. The summed E-state index contributed by atoms with van der Waals surface area (Å²) in [5.74, 6) is 1.50. The maximum Gasteiger partial charge on any atom is 0.272 e. The average molecular weight is 386 g/mol. The Morgan fingerprint density at radius 3 is 2.34 bits per heavy atom. The summed E-state index contributed by atoms with van der Waals surface area (Å²) in [5.41, 5.74) is 3.59. The molecule has 0 N–H and O–H groups in total. The van der Waals surface area contributed by atoms with Crippen LogP contribution >= 0.6 is 0 Å². The zero-order valence-corrected chi connectivity index (χ0v) is 16.8. The van der Waals surface area contributed by atoms with Gasteiger partial charge >= 0.3 is 0 Å². The van der Waals surface area contributed by atoms with Crippen LogP contribution in [0.4, 0.5) is 0 Å². The largest absolute Gasteiger partial charge is 0.487 e. The number of ether oxygens (including phenoxy) is 1. The lowest BCUT2D eigenvalue weighted by Gasteiger charge is -2.30. The van der Waals surface area contributed by atoms with Crippen LogP contribution in [0.15, 0.2) is 72.8 Å². The monoisotopic (exact) mass is 386 g/mol. The molecule has 0 atom stereocenters. The molecule has 2 aromatic carbocycles. The Morgan fingerprint density at radius 2 is 1.62 bits per heavy atom. The second-order valence-corrected chi connectivity index (χ2v) is 7.67. The van der Waals surface area contributed by atoms with Gasteiger partial charge < -0.3 is 9.64 Å². The van der Waals surface area contributed by atoms with Crippen LogP contribution in [0.25, 0.3) is 11.1 Å². The van der Waals surface area contributed by atoms with E-state index in [1.165, 1.54) is 5.56 Å². The Balaban J connectivity index is 1.38. The molecule has 1 fully saturated rings. The van der Waals surface area contributed by atoms with Crippen molar-refractivity contribution >= 4 is 5.91 Å². The normalized spacial score (nSPS) is 14.6. The summed E-state index contributed by atoms with van der Waals surface area (Å²) in [4.78, 5) is 19.2. The summed E-state index contributed by atoms with van der Waals surface area (Å²) in [6, 6.07) is 23.8. The molecular weight excluding hydrogens is 360 g/mol. The number of nitrogens with zero attached hydrogens (tertiary/aromatic N) is 2. The molecule has 1 amide bonds. The lowest BCUT2D eigenvalue weighted by molar-refractivity contribution is 0.0690. The van der Waals surface area contributed by atoms with Gasteiger partial charge in [0.05, 0.1) is 5.69 Å². The minimum atomic E-state index is 0.0194. The van der Waals surface area contributed by atoms with Gasteiger partial charge in [-0.15, -0.1) is 0 Å². The number of carbonyl (C=O) groups excluding carboxylic acids is 1. The minimum absolute atomic E-state index is 0.0194. The molecule has 4 heteroatoms. The summed E-state index contributed by atoms with van der Waals surface area (Å²) < 4.78 is 5.89. The number of rotatable bonds is 5. The molecule has 0 spiro atoms. The van der Waals surface area contributed by atoms with E-state index >= 15 is 0 Å². The topological polar surface area (TPSA) is 42.4 Å². The van der Waals surface area contributed by atoms with Gasteiger partial charge in [-0.1, -0.05) is 55.5 Å². The highest BCUT2D eigenvalue weighted by molar-refractivity contribution is 5.92. The molecule has 1 aliphatic heterocycles. The first-order chi connectivity index (χ1) is 14.2. The standard InChI is InChI=1S/C25H26N2O2/c1-19-14-16-27(17-15-19)25(28)24-9-5-8-22(26-24)18-29-23-12-10-21(11-13-23)20-6-3-2-4-7-20/h2-13,19H,14-18H2,1H3. The van der Waals surface area contributed by atoms with Crippen LogP contribution in [-0.4, -0.2) is 28.9 Å². The van der Waals surface area contributed by atoms with Crippen LogP contribution in [0.2, 0.25) is 0 Å². The van der Waals surface area contributed by atoms with Crippen LogP contribution in [0.3, 0.4) is 0 Å². The highest BCUT2D eigenvalue weighted by atomic mass is 16.5. The van der Waals surface area contributed by atoms with Crippen molar-refractivity contribution in [2.75, 3.05) is 13.1 Å². The first-order valence-electron chi connectivity index (χ1n) is 10.2. The number of carbonyl (C=O) groups is 1. The van der Waals surface area contributed by atoms with Crippen molar-refractivity contribution in [1.29, 1.82) is 0 Å². The van der Waals surface area contributed by atoms with Gasteiger partial charge in [0.25, 0.3) is 5.91 Å². The van der Waals surface area contributed by atoms with Gasteiger partial charge in [-0.25, -0.2) is 4.98 Å². The maximum atomic E-state index is 12.7. The third kappa shape index (κ3) is 4.83. The Hall–Kier alpha value is -3.14. The van der Waals surface area contributed by atoms with Crippen molar-refractivity contribution in [3.8, 4) is 16.9 Å². The second kappa shape index (κ2) is 8.91. The molecule has 0 saturated carbocycles. The van der Waals surface area contributed by atoms with Gasteiger partial charge in [0.2, 0.25) is 0 Å². The van der Waals surface area contributed by atoms with Gasteiger partial charge in [-0.3, -0.25) is 4.79 Å². The van der Waals surface area contributed by atoms with E-state index in [1.54, 1.807) is 6.07 Å². The summed E-state index contributed by atoms with van der Waals surface area (Å²) in [5, 5.41) is 0. The van der Waals surface area contributed by atoms with E-state index in [2.05, 4.69) is 36.2 Å². The van der Waals surface area contributed by atoms with Crippen molar-refractivity contribution in [2.45, 2.75) is 26.4 Å². The number of amides is 1. The molecule has 0 unspecified atom stereocenters. The quantitative estimate of drug-likeness (QED) is 0.605. The summed E-state index contributed by atoms with van der Waals surface area (Å²) in [6.07, 6.45) is 2.13. The van der Waals surface area contributed by atoms with Crippen LogP contribution in [0, 0.1) is 5.92 Å². The van der Waals surface area contributed by atoms with Gasteiger partial charge in [-0.2, -0.15) is 0 Å². The third-order valence-electron chi connectivity index (χ3n) is 5.44. The summed E-state index contributed by atoms with van der Waals surface area (Å²) in [7, 11) is 0. The number of pyridine rings is 1. The highest BCUT2D eigenvalue weighted by Gasteiger charge is 2.22. The highest BCUT2D eigenvalue weighted by Crippen LogP contribution is 2.23. The summed E-state index contributed by atoms with van der Waals surface area (Å²) >= 11 is 0. The van der Waals surface area contributed by atoms with Crippen molar-refractivity contribution in [3.05, 3.63) is 84.2 Å². The first-order valence-corrected chi connectivity index (χ1v) is 10.2. The number of likely N-dealkylation sites (tertiary alicyclic amines) is 1. The molecule has 4 nitrogen and oxygen atoms in total. The van der Waals surface area contributed by atoms with Crippen LogP contribution in [0.5, 0.6) is 5.75 Å². The first kappa shape index (κ1) is 19.2. The lowest BCUT2D eigenvalue weighted by atomic mass is 9.99. The number of benzene rings is 2. The van der Waals surface area contributed by atoms with Crippen molar-refractivity contribution < 1.29 is 9.53 Å².